The first-order valence-corrected chi connectivity index (χ1v) is 12.8. The first-order valence-electron chi connectivity index (χ1n) is 12.8. The molecule has 1 unspecified atom stereocenters. The van der Waals surface area contributed by atoms with Crippen LogP contribution in [0.15, 0.2) is 18.2 Å². The second kappa shape index (κ2) is 10.9. The minimum Gasteiger partial charge on any atom is -0.483 e. The standard InChI is InChI=1S/C26H36F3N3O4/c1-19-6-7-21(22(16-19)35-18-23(33)30-11-3-4-12-30)17-32-13-5-8-25(32)9-14-31(15-10-25)24(34)36-20(2)26(27,28)29/h6-7,16,20H,3-5,8-15,17-18H2,1-2H3. The molecule has 4 rings (SSSR count). The number of rotatable bonds is 6. The number of amides is 2. The van der Waals surface area contributed by atoms with E-state index >= 15 is 0 Å². The Morgan fingerprint density at radius 2 is 1.69 bits per heavy atom. The van der Waals surface area contributed by atoms with Gasteiger partial charge < -0.3 is 19.3 Å². The number of aryl methyl sites for hydroxylation is 1. The highest BCUT2D eigenvalue weighted by atomic mass is 19.4. The van der Waals surface area contributed by atoms with Gasteiger partial charge >= 0.3 is 12.3 Å². The average Bonchev–Trinajstić information content (AvgIpc) is 3.50. The van der Waals surface area contributed by atoms with Gasteiger partial charge in [-0.1, -0.05) is 12.1 Å². The zero-order valence-corrected chi connectivity index (χ0v) is 21.1. The summed E-state index contributed by atoms with van der Waals surface area (Å²) in [6, 6.07) is 6.05. The van der Waals surface area contributed by atoms with Crippen molar-refractivity contribution in [2.75, 3.05) is 39.3 Å². The van der Waals surface area contributed by atoms with Crippen molar-refractivity contribution >= 4 is 12.0 Å². The fraction of sp³-hybridized carbons (Fsp3) is 0.692. The maximum atomic E-state index is 12.8. The molecule has 1 spiro atoms. The fourth-order valence-corrected chi connectivity index (χ4v) is 5.54. The van der Waals surface area contributed by atoms with Crippen molar-refractivity contribution in [3.8, 4) is 5.75 Å². The van der Waals surface area contributed by atoms with E-state index in [0.29, 0.717) is 38.2 Å². The quantitative estimate of drug-likeness (QED) is 0.562. The van der Waals surface area contributed by atoms with Crippen molar-refractivity contribution in [1.29, 1.82) is 0 Å². The first kappa shape index (κ1) is 26.6. The SMILES string of the molecule is Cc1ccc(CN2CCCC23CCN(C(=O)OC(C)C(F)(F)F)CC3)c(OCC(=O)N2CCCC2)c1. The Bertz CT molecular complexity index is 941. The third-order valence-corrected chi connectivity index (χ3v) is 7.83. The van der Waals surface area contributed by atoms with Crippen molar-refractivity contribution in [2.45, 2.75) is 76.7 Å². The van der Waals surface area contributed by atoms with Crippen LogP contribution in [0.4, 0.5) is 18.0 Å². The molecule has 10 heteroatoms. The van der Waals surface area contributed by atoms with Crippen LogP contribution in [0.5, 0.6) is 5.75 Å². The topological polar surface area (TPSA) is 62.3 Å². The van der Waals surface area contributed by atoms with Crippen LogP contribution in [0, 0.1) is 6.92 Å². The summed E-state index contributed by atoms with van der Waals surface area (Å²) in [7, 11) is 0. The summed E-state index contributed by atoms with van der Waals surface area (Å²) in [5, 5.41) is 0. The van der Waals surface area contributed by atoms with Gasteiger partial charge in [-0.3, -0.25) is 9.69 Å². The lowest BCUT2D eigenvalue weighted by atomic mass is 9.85. The Morgan fingerprint density at radius 1 is 1.00 bits per heavy atom. The number of carbonyl (C=O) groups excluding carboxylic acids is 2. The van der Waals surface area contributed by atoms with Crippen LogP contribution in [-0.2, 0) is 16.1 Å². The summed E-state index contributed by atoms with van der Waals surface area (Å²) in [4.78, 5) is 30.4. The molecule has 0 N–H and O–H groups in total. The molecule has 1 atom stereocenters. The summed E-state index contributed by atoms with van der Waals surface area (Å²) in [6.45, 7) is 6.72. The Hall–Kier alpha value is -2.49. The molecular formula is C26H36F3N3O4. The number of piperidine rings is 1. The number of halogens is 3. The van der Waals surface area contributed by atoms with Crippen molar-refractivity contribution in [3.63, 3.8) is 0 Å². The molecule has 3 fully saturated rings. The van der Waals surface area contributed by atoms with Crippen LogP contribution >= 0.6 is 0 Å². The van der Waals surface area contributed by atoms with Crippen molar-refractivity contribution in [2.24, 2.45) is 0 Å². The van der Waals surface area contributed by atoms with E-state index in [-0.39, 0.29) is 18.1 Å². The van der Waals surface area contributed by atoms with E-state index in [4.69, 9.17) is 4.74 Å². The van der Waals surface area contributed by atoms with Crippen LogP contribution in [0.3, 0.4) is 0 Å². The van der Waals surface area contributed by atoms with Crippen LogP contribution in [0.1, 0.15) is 56.6 Å². The van der Waals surface area contributed by atoms with Crippen LogP contribution in [0.25, 0.3) is 0 Å². The lowest BCUT2D eigenvalue weighted by Gasteiger charge is -2.45. The number of nitrogens with zero attached hydrogens (tertiary/aromatic N) is 3. The third kappa shape index (κ3) is 6.07. The molecule has 1 aromatic carbocycles. The van der Waals surface area contributed by atoms with Gasteiger partial charge in [-0.2, -0.15) is 13.2 Å². The molecule has 2 amide bonds. The molecule has 3 aliphatic heterocycles. The number of alkyl halides is 3. The number of hydrogen-bond acceptors (Lipinski definition) is 5. The maximum absolute atomic E-state index is 12.8. The van der Waals surface area contributed by atoms with Crippen molar-refractivity contribution < 1.29 is 32.2 Å². The second-order valence-corrected chi connectivity index (χ2v) is 10.3. The minimum absolute atomic E-state index is 0.0108. The molecule has 3 heterocycles. The Kier molecular flexibility index (Phi) is 8.02. The van der Waals surface area contributed by atoms with Gasteiger partial charge in [0.25, 0.3) is 5.91 Å². The molecule has 0 aromatic heterocycles. The van der Waals surface area contributed by atoms with Crippen LogP contribution in [0.2, 0.25) is 0 Å². The highest BCUT2D eigenvalue weighted by Gasteiger charge is 2.45. The molecule has 0 aliphatic carbocycles. The van der Waals surface area contributed by atoms with Gasteiger partial charge in [-0.05, 0) is 70.5 Å². The predicted molar refractivity (Wildman–Crippen MR) is 128 cm³/mol. The van der Waals surface area contributed by atoms with Gasteiger partial charge in [-0.25, -0.2) is 4.79 Å². The average molecular weight is 512 g/mol. The molecule has 0 saturated carbocycles. The Balaban J connectivity index is 1.37. The van der Waals surface area contributed by atoms with E-state index in [1.165, 1.54) is 4.90 Å². The van der Waals surface area contributed by atoms with Crippen LogP contribution < -0.4 is 4.74 Å². The first-order chi connectivity index (χ1) is 17.1. The lowest BCUT2D eigenvalue weighted by Crippen LogP contribution is -2.53. The molecule has 7 nitrogen and oxygen atoms in total. The molecule has 1 aromatic rings. The third-order valence-electron chi connectivity index (χ3n) is 7.83. The van der Waals surface area contributed by atoms with E-state index in [1.807, 2.05) is 30.0 Å². The number of benzene rings is 1. The summed E-state index contributed by atoms with van der Waals surface area (Å²) in [5.74, 6) is 0.725. The Labute approximate surface area is 210 Å². The monoisotopic (exact) mass is 511 g/mol. The van der Waals surface area contributed by atoms with Crippen LogP contribution in [-0.4, -0.2) is 83.9 Å². The molecule has 0 radical (unpaired) electrons. The van der Waals surface area contributed by atoms with Gasteiger partial charge in [0, 0.05) is 43.8 Å². The molecule has 0 bridgehead atoms. The van der Waals surface area contributed by atoms with Gasteiger partial charge in [0.15, 0.2) is 12.7 Å². The summed E-state index contributed by atoms with van der Waals surface area (Å²) < 4.78 is 49.0. The predicted octanol–water partition coefficient (Wildman–Crippen LogP) is 4.51. The van der Waals surface area contributed by atoms with Gasteiger partial charge in [-0.15, -0.1) is 0 Å². The van der Waals surface area contributed by atoms with E-state index in [2.05, 4.69) is 9.64 Å². The largest absolute Gasteiger partial charge is 0.483 e. The minimum atomic E-state index is -4.57. The highest BCUT2D eigenvalue weighted by Crippen LogP contribution is 2.40. The van der Waals surface area contributed by atoms with Gasteiger partial charge in [0.05, 0.1) is 0 Å². The summed E-state index contributed by atoms with van der Waals surface area (Å²) in [5.41, 5.74) is 1.95. The summed E-state index contributed by atoms with van der Waals surface area (Å²) >= 11 is 0. The smallest absolute Gasteiger partial charge is 0.425 e. The normalized spacial score (nSPS) is 21.1. The fourth-order valence-electron chi connectivity index (χ4n) is 5.54. The molecule has 3 aliphatic rings. The van der Waals surface area contributed by atoms with E-state index in [9.17, 15) is 22.8 Å². The molecule has 3 saturated heterocycles. The Morgan fingerprint density at radius 3 is 2.36 bits per heavy atom. The van der Waals surface area contributed by atoms with E-state index in [1.54, 1.807) is 0 Å². The lowest BCUT2D eigenvalue weighted by molar-refractivity contribution is -0.200. The number of hydrogen-bond donors (Lipinski definition) is 0. The second-order valence-electron chi connectivity index (χ2n) is 10.3. The van der Waals surface area contributed by atoms with Gasteiger partial charge in [0.1, 0.15) is 5.75 Å². The zero-order chi connectivity index (χ0) is 25.9. The number of carbonyl (C=O) groups is 2. The maximum Gasteiger partial charge on any atom is 0.425 e. The number of ether oxygens (including phenoxy) is 2. The van der Waals surface area contributed by atoms with E-state index in [0.717, 1.165) is 63.4 Å². The van der Waals surface area contributed by atoms with Crippen molar-refractivity contribution in [1.82, 2.24) is 14.7 Å². The van der Waals surface area contributed by atoms with E-state index < -0.39 is 18.4 Å². The molecular weight excluding hydrogens is 475 g/mol. The van der Waals surface area contributed by atoms with Gasteiger partial charge in [0.2, 0.25) is 0 Å². The molecule has 200 valence electrons. The zero-order valence-electron chi connectivity index (χ0n) is 21.1. The highest BCUT2D eigenvalue weighted by molar-refractivity contribution is 5.78. The number of likely N-dealkylation sites (tertiary alicyclic amines) is 3. The van der Waals surface area contributed by atoms with Crippen molar-refractivity contribution in [3.05, 3.63) is 29.3 Å². The molecule has 36 heavy (non-hydrogen) atoms. The summed E-state index contributed by atoms with van der Waals surface area (Å²) in [6.07, 6.45) is -2.17.